The Morgan fingerprint density at radius 2 is 2.19 bits per heavy atom. The van der Waals surface area contributed by atoms with Crippen LogP contribution in [0.4, 0.5) is 0 Å². The molecule has 2 nitrogen and oxygen atoms in total. The van der Waals surface area contributed by atoms with E-state index in [-0.39, 0.29) is 0 Å². The highest BCUT2D eigenvalue weighted by molar-refractivity contribution is 9.11. The number of hydrogen-bond donors (Lipinski definition) is 1. The van der Waals surface area contributed by atoms with Gasteiger partial charge in [0.25, 0.3) is 0 Å². The molecule has 2 aromatic heterocycles. The Kier molecular flexibility index (Phi) is 4.51. The zero-order valence-electron chi connectivity index (χ0n) is 8.82. The smallest absolute Gasteiger partial charge is 0.0701 e. The lowest BCUT2D eigenvalue weighted by Gasteiger charge is -2.02. The number of nitrogens with one attached hydrogen (secondary N) is 1. The molecule has 2 rings (SSSR count). The Labute approximate surface area is 108 Å². The van der Waals surface area contributed by atoms with Crippen LogP contribution < -0.4 is 5.32 Å². The molecular weight excluding hydrogens is 284 g/mol. The lowest BCUT2D eigenvalue weighted by molar-refractivity contribution is 0.678. The van der Waals surface area contributed by atoms with Crippen LogP contribution in [0.1, 0.15) is 10.6 Å². The van der Waals surface area contributed by atoms with Gasteiger partial charge >= 0.3 is 0 Å². The van der Waals surface area contributed by atoms with Crippen LogP contribution in [0, 0.1) is 0 Å². The average molecular weight is 297 g/mol. The SMILES string of the molecule is Brc1ccc(CCNCc2ccccn2)s1. The van der Waals surface area contributed by atoms with Crippen LogP contribution in [0.5, 0.6) is 0 Å². The minimum Gasteiger partial charge on any atom is -0.311 e. The summed E-state index contributed by atoms with van der Waals surface area (Å²) in [5.74, 6) is 0. The summed E-state index contributed by atoms with van der Waals surface area (Å²) in [6, 6.07) is 10.2. The molecule has 0 radical (unpaired) electrons. The summed E-state index contributed by atoms with van der Waals surface area (Å²) in [7, 11) is 0. The number of nitrogens with zero attached hydrogens (tertiary/aromatic N) is 1. The summed E-state index contributed by atoms with van der Waals surface area (Å²) < 4.78 is 1.20. The van der Waals surface area contributed by atoms with Crippen LogP contribution >= 0.6 is 27.3 Å². The monoisotopic (exact) mass is 296 g/mol. The van der Waals surface area contributed by atoms with Crippen molar-refractivity contribution in [2.24, 2.45) is 0 Å². The van der Waals surface area contributed by atoms with E-state index >= 15 is 0 Å². The predicted molar refractivity (Wildman–Crippen MR) is 71.7 cm³/mol. The highest BCUT2D eigenvalue weighted by atomic mass is 79.9. The van der Waals surface area contributed by atoms with Crippen molar-refractivity contribution < 1.29 is 0 Å². The van der Waals surface area contributed by atoms with Gasteiger partial charge in [-0.05, 0) is 46.6 Å². The highest BCUT2D eigenvalue weighted by Gasteiger charge is 1.97. The van der Waals surface area contributed by atoms with Crippen molar-refractivity contribution in [1.82, 2.24) is 10.3 Å². The zero-order chi connectivity index (χ0) is 11.2. The fourth-order valence-electron chi connectivity index (χ4n) is 1.42. The number of rotatable bonds is 5. The third kappa shape index (κ3) is 3.70. The summed E-state index contributed by atoms with van der Waals surface area (Å²) in [6.45, 7) is 1.83. The van der Waals surface area contributed by atoms with Gasteiger partial charge in [0.1, 0.15) is 0 Å². The maximum Gasteiger partial charge on any atom is 0.0701 e. The van der Waals surface area contributed by atoms with Gasteiger partial charge in [0.15, 0.2) is 0 Å². The second-order valence-electron chi connectivity index (χ2n) is 3.45. The molecule has 0 aliphatic heterocycles. The molecule has 0 saturated carbocycles. The van der Waals surface area contributed by atoms with Gasteiger partial charge in [-0.2, -0.15) is 0 Å². The second-order valence-corrected chi connectivity index (χ2v) is 6.00. The first-order valence-corrected chi connectivity index (χ1v) is 6.80. The highest BCUT2D eigenvalue weighted by Crippen LogP contribution is 2.21. The molecule has 0 aliphatic rings. The standard InChI is InChI=1S/C12H13BrN2S/c13-12-5-4-11(16-12)6-8-14-9-10-3-1-2-7-15-10/h1-5,7,14H,6,8-9H2. The van der Waals surface area contributed by atoms with Gasteiger partial charge < -0.3 is 5.32 Å². The lowest BCUT2D eigenvalue weighted by Crippen LogP contribution is -2.16. The van der Waals surface area contributed by atoms with Crippen molar-refractivity contribution in [1.29, 1.82) is 0 Å². The van der Waals surface area contributed by atoms with Crippen LogP contribution in [-0.2, 0) is 13.0 Å². The molecule has 0 fully saturated rings. The number of hydrogen-bond acceptors (Lipinski definition) is 3. The fourth-order valence-corrected chi connectivity index (χ4v) is 2.90. The van der Waals surface area contributed by atoms with Gasteiger partial charge in [0.2, 0.25) is 0 Å². The first-order chi connectivity index (χ1) is 7.84. The molecule has 0 atom stereocenters. The van der Waals surface area contributed by atoms with Gasteiger partial charge in [-0.3, -0.25) is 4.98 Å². The molecule has 0 spiro atoms. The van der Waals surface area contributed by atoms with Crippen molar-refractivity contribution >= 4 is 27.3 Å². The quantitative estimate of drug-likeness (QED) is 0.857. The van der Waals surface area contributed by atoms with Crippen molar-refractivity contribution in [2.45, 2.75) is 13.0 Å². The Hall–Kier alpha value is -0.710. The molecule has 0 unspecified atom stereocenters. The maximum absolute atomic E-state index is 4.26. The third-order valence-corrected chi connectivity index (χ3v) is 3.89. The van der Waals surface area contributed by atoms with Crippen LogP contribution in [0.3, 0.4) is 0 Å². The molecule has 0 aliphatic carbocycles. The predicted octanol–water partition coefficient (Wildman–Crippen LogP) is 3.24. The molecule has 2 aromatic rings. The summed E-state index contributed by atoms with van der Waals surface area (Å²) in [5.41, 5.74) is 1.09. The van der Waals surface area contributed by atoms with E-state index in [0.717, 1.165) is 25.2 Å². The normalized spacial score (nSPS) is 10.6. The molecule has 2 heterocycles. The van der Waals surface area contributed by atoms with E-state index < -0.39 is 0 Å². The third-order valence-electron chi connectivity index (χ3n) is 2.21. The minimum atomic E-state index is 0.841. The second kappa shape index (κ2) is 6.13. The first kappa shape index (κ1) is 11.8. The molecule has 0 saturated heterocycles. The molecule has 4 heteroatoms. The van der Waals surface area contributed by atoms with E-state index in [1.165, 1.54) is 8.66 Å². The van der Waals surface area contributed by atoms with E-state index in [1.54, 1.807) is 11.3 Å². The summed E-state index contributed by atoms with van der Waals surface area (Å²) in [4.78, 5) is 5.66. The Bertz CT molecular complexity index is 428. The van der Waals surface area contributed by atoms with Crippen LogP contribution in [0.2, 0.25) is 0 Å². The lowest BCUT2D eigenvalue weighted by atomic mass is 10.3. The molecular formula is C12H13BrN2S. The molecule has 0 bridgehead atoms. The van der Waals surface area contributed by atoms with Crippen LogP contribution in [-0.4, -0.2) is 11.5 Å². The number of aromatic nitrogens is 1. The summed E-state index contributed by atoms with van der Waals surface area (Å²) in [6.07, 6.45) is 2.90. The topological polar surface area (TPSA) is 24.9 Å². The van der Waals surface area contributed by atoms with Crippen molar-refractivity contribution in [2.75, 3.05) is 6.54 Å². The van der Waals surface area contributed by atoms with Gasteiger partial charge in [0, 0.05) is 24.2 Å². The molecule has 84 valence electrons. The molecule has 16 heavy (non-hydrogen) atoms. The largest absolute Gasteiger partial charge is 0.311 e. The van der Waals surface area contributed by atoms with Crippen molar-refractivity contribution in [3.63, 3.8) is 0 Å². The molecule has 1 N–H and O–H groups in total. The van der Waals surface area contributed by atoms with Crippen LogP contribution in [0.25, 0.3) is 0 Å². The van der Waals surface area contributed by atoms with Gasteiger partial charge in [-0.15, -0.1) is 11.3 Å². The van der Waals surface area contributed by atoms with E-state index in [9.17, 15) is 0 Å². The molecule has 0 amide bonds. The molecule has 0 aromatic carbocycles. The van der Waals surface area contributed by atoms with Gasteiger partial charge in [0.05, 0.1) is 9.48 Å². The van der Waals surface area contributed by atoms with E-state index in [4.69, 9.17) is 0 Å². The Morgan fingerprint density at radius 3 is 2.88 bits per heavy atom. The minimum absolute atomic E-state index is 0.841. The summed E-state index contributed by atoms with van der Waals surface area (Å²) >= 11 is 5.26. The Morgan fingerprint density at radius 1 is 1.25 bits per heavy atom. The Balaban J connectivity index is 1.69. The van der Waals surface area contributed by atoms with E-state index in [1.807, 2.05) is 24.4 Å². The van der Waals surface area contributed by atoms with E-state index in [0.29, 0.717) is 0 Å². The number of thiophene rings is 1. The maximum atomic E-state index is 4.26. The van der Waals surface area contributed by atoms with Gasteiger partial charge in [-0.1, -0.05) is 6.07 Å². The average Bonchev–Trinajstić information content (AvgIpc) is 2.72. The van der Waals surface area contributed by atoms with Crippen molar-refractivity contribution in [3.8, 4) is 0 Å². The van der Waals surface area contributed by atoms with E-state index in [2.05, 4.69) is 38.4 Å². The van der Waals surface area contributed by atoms with Crippen molar-refractivity contribution in [3.05, 3.63) is 50.9 Å². The first-order valence-electron chi connectivity index (χ1n) is 5.19. The fraction of sp³-hybridized carbons (Fsp3) is 0.250. The van der Waals surface area contributed by atoms with Crippen LogP contribution in [0.15, 0.2) is 40.3 Å². The van der Waals surface area contributed by atoms with Gasteiger partial charge in [-0.25, -0.2) is 0 Å². The number of pyridine rings is 1. The summed E-state index contributed by atoms with van der Waals surface area (Å²) in [5, 5.41) is 3.39. The zero-order valence-corrected chi connectivity index (χ0v) is 11.2. The number of halogens is 1.